The molecular formula is C30H39AcCl2F4N7O17S4. The summed E-state index contributed by atoms with van der Waals surface area (Å²) in [6.07, 6.45) is 0. The van der Waals surface area contributed by atoms with Gasteiger partial charge in [0.2, 0.25) is 20.0 Å². The van der Waals surface area contributed by atoms with Gasteiger partial charge in [-0.3, -0.25) is 34.9 Å². The van der Waals surface area contributed by atoms with Crippen LogP contribution in [0.15, 0.2) is 69.3 Å². The van der Waals surface area contributed by atoms with E-state index in [1.807, 2.05) is 0 Å². The van der Waals surface area contributed by atoms with Gasteiger partial charge in [-0.2, -0.15) is 8.42 Å². The van der Waals surface area contributed by atoms with Crippen LogP contribution in [-0.4, -0.2) is 70.2 Å². The van der Waals surface area contributed by atoms with E-state index >= 15 is 0 Å². The molecule has 0 aliphatic carbocycles. The number of hydrogen-bond donors (Lipinski definition) is 6. The average molecular weight is 1270 g/mol. The first-order valence-corrected chi connectivity index (χ1v) is 23.1. The molecule has 0 saturated carbocycles. The van der Waals surface area contributed by atoms with E-state index in [9.17, 15) is 73.2 Å². The molecule has 65 heavy (non-hydrogen) atoms. The maximum Gasteiger partial charge on any atom is 0.353 e. The number of aliphatic hydroxyl groups excluding tert-OH is 1. The number of hydrogen-bond acceptors (Lipinski definition) is 17. The molecule has 4 aromatic rings. The minimum Gasteiger partial charge on any atom is -0.412 e. The van der Waals surface area contributed by atoms with Crippen molar-refractivity contribution in [2.75, 3.05) is 12.3 Å². The molecule has 0 fully saturated rings. The van der Waals surface area contributed by atoms with Gasteiger partial charge >= 0.3 is 9.33 Å². The summed E-state index contributed by atoms with van der Waals surface area (Å²) in [4.78, 5) is 26.4. The third kappa shape index (κ3) is 26.8. The number of nitrogens with two attached hydrogens (primary N) is 3. The number of aryl methyl sites for hydroxylation is 4. The van der Waals surface area contributed by atoms with Crippen molar-refractivity contribution in [2.24, 2.45) is 10.3 Å². The number of nitro groups is 3. The van der Waals surface area contributed by atoms with Crippen molar-refractivity contribution in [2.45, 2.75) is 49.3 Å². The molecule has 0 heterocycles. The molecule has 35 heteroatoms. The Morgan fingerprint density at radius 2 is 0.877 bits per heavy atom. The third-order valence-corrected chi connectivity index (χ3v) is 9.45. The summed E-state index contributed by atoms with van der Waals surface area (Å²) in [5.74, 6) is -3.41. The Kier molecular flexibility index (Phi) is 32.1. The van der Waals surface area contributed by atoms with Gasteiger partial charge in [0.05, 0.1) is 14.8 Å². The number of non-ortho nitro benzene ring substituents is 3. The topological polar surface area (TPSA) is 451 Å². The van der Waals surface area contributed by atoms with Crippen LogP contribution in [-0.2, 0) is 38.4 Å². The van der Waals surface area contributed by atoms with E-state index in [0.29, 0.717) is 17.7 Å². The van der Waals surface area contributed by atoms with Crippen LogP contribution in [0, 0.1) is 125 Å². The Hall–Kier alpha value is -3.82. The Morgan fingerprint density at radius 3 is 1.17 bits per heavy atom. The molecule has 4 aromatic carbocycles. The van der Waals surface area contributed by atoms with Crippen molar-refractivity contribution in [1.82, 2.24) is 6.15 Å². The SMILES string of the molecule is CCO.Cc1cc(N)cc(S(N)(=O)=O)c1F.Cc1cc([N+](=O)[O-])cc(S(=O)(=O)Cl)c1F.Cc1cc([N+](=O)[O-])cc(S(N)(=O)=O)c1F.Cc1cc([N+](=O)[O-])ccc1F.N.O.O=S(=O)(O)Cl.[Ac]. The normalized spacial score (nSPS) is 10.4. The second kappa shape index (κ2) is 29.7. The van der Waals surface area contributed by atoms with E-state index in [2.05, 4.69) is 10.7 Å². The molecule has 0 aromatic heterocycles. The standard InChI is InChI=1S/C7H5ClFNO4S.C7H7FN2O4S.C7H9FN2O2S.C7H6FNO2.C2H6O.Ac.ClHO3S.H3N.H2O/c1-4-2-5(10(11)12)3-6(7(4)9)15(8,13)14;1-4-2-5(10(11)12)3-6(7(4)8)15(9,13)14;1-4-2-5(9)3-6(7(4)8)13(10,11)12;1-5-4-6(9(10)11)2-3-7(5)8;1-2-3;;1-5(2,3)4;;/h2-3H,1H3;2-3H,1H3,(H2,9,13,14);2-3H,9H2,1H3,(H2,10,11,12);2-4H,1H3;3H,2H2,1H3;;(H,2,3,4);1H3;1H2. The van der Waals surface area contributed by atoms with Crippen molar-refractivity contribution in [3.8, 4) is 0 Å². The van der Waals surface area contributed by atoms with Crippen LogP contribution < -0.4 is 22.2 Å². The summed E-state index contributed by atoms with van der Waals surface area (Å²) in [5.41, 5.74) is 4.54. The van der Waals surface area contributed by atoms with Crippen molar-refractivity contribution in [3.05, 3.63) is 130 Å². The van der Waals surface area contributed by atoms with Gasteiger partial charge in [-0.25, -0.2) is 53.1 Å². The molecule has 0 aliphatic heterocycles. The van der Waals surface area contributed by atoms with Gasteiger partial charge < -0.3 is 22.5 Å². The summed E-state index contributed by atoms with van der Waals surface area (Å²) < 4.78 is 143. The first-order chi connectivity index (χ1) is 27.8. The second-order valence-electron chi connectivity index (χ2n) is 11.3. The monoisotopic (exact) mass is 1270 g/mol. The van der Waals surface area contributed by atoms with Gasteiger partial charge in [0.15, 0.2) is 0 Å². The summed E-state index contributed by atoms with van der Waals surface area (Å²) >= 11 is 0. The summed E-state index contributed by atoms with van der Waals surface area (Å²) in [6.45, 7) is 7.27. The van der Waals surface area contributed by atoms with Crippen LogP contribution in [0.3, 0.4) is 0 Å². The number of sulfonamides is 2. The Labute approximate surface area is 412 Å². The maximum absolute atomic E-state index is 13.3. The second-order valence-corrected chi connectivity index (χ2v) is 18.8. The van der Waals surface area contributed by atoms with Gasteiger partial charge in [0.25, 0.3) is 26.1 Å². The van der Waals surface area contributed by atoms with Crippen LogP contribution in [0.25, 0.3) is 0 Å². The van der Waals surface area contributed by atoms with E-state index in [1.165, 1.54) is 39.8 Å². The number of nitrogens with zero attached hydrogens (tertiary/aromatic N) is 3. The van der Waals surface area contributed by atoms with E-state index < -0.39 is 103 Å². The molecule has 24 nitrogen and oxygen atoms in total. The van der Waals surface area contributed by atoms with Gasteiger partial charge in [-0.05, 0) is 75.1 Å². The number of halogens is 6. The Bertz CT molecular complexity index is 2660. The summed E-state index contributed by atoms with van der Waals surface area (Å²) in [7, 11) is -7.86. The van der Waals surface area contributed by atoms with E-state index in [4.69, 9.17) is 44.8 Å². The Balaban J connectivity index is -0.000000231. The number of anilines is 1. The van der Waals surface area contributed by atoms with Crippen LogP contribution >= 0.6 is 21.4 Å². The van der Waals surface area contributed by atoms with E-state index in [0.717, 1.165) is 30.3 Å². The number of aliphatic hydroxyl groups is 1. The first-order valence-electron chi connectivity index (χ1n) is 15.4. The quantitative estimate of drug-likeness (QED) is 0.0388. The fraction of sp³-hybridized carbons (Fsp3) is 0.200. The zero-order chi connectivity index (χ0) is 49.5. The largest absolute Gasteiger partial charge is 0.412 e. The van der Waals surface area contributed by atoms with Crippen LogP contribution in [0.1, 0.15) is 29.2 Å². The predicted octanol–water partition coefficient (Wildman–Crippen LogP) is 4.43. The van der Waals surface area contributed by atoms with Crippen LogP contribution in [0.4, 0.5) is 40.3 Å². The van der Waals surface area contributed by atoms with Crippen LogP contribution in [0.5, 0.6) is 0 Å². The fourth-order valence-electron chi connectivity index (χ4n) is 3.75. The van der Waals surface area contributed by atoms with E-state index in [-0.39, 0.29) is 90.4 Å². The number of benzene rings is 4. The molecule has 365 valence electrons. The molecule has 0 unspecified atom stereocenters. The molecule has 0 saturated heterocycles. The third-order valence-electron chi connectivity index (χ3n) is 6.31. The maximum atomic E-state index is 13.3. The van der Waals surface area contributed by atoms with Crippen molar-refractivity contribution in [1.29, 1.82) is 0 Å². The molecule has 1 radical (unpaired) electrons. The average Bonchev–Trinajstić information content (AvgIpc) is 3.08. The number of rotatable bonds is 6. The predicted molar refractivity (Wildman–Crippen MR) is 224 cm³/mol. The molecule has 0 amide bonds. The molecule has 4 rings (SSSR count). The smallest absolute Gasteiger partial charge is 0.353 e. The first kappa shape index (κ1) is 70.2. The number of nitro benzene ring substituents is 3. The molecule has 13 N–H and O–H groups in total. The summed E-state index contributed by atoms with van der Waals surface area (Å²) in [5, 5.41) is 48.0. The van der Waals surface area contributed by atoms with Gasteiger partial charge in [-0.15, -0.1) is 0 Å². The van der Waals surface area contributed by atoms with Gasteiger partial charge in [-0.1, -0.05) is 0 Å². The number of nitrogen functional groups attached to an aromatic ring is 1. The summed E-state index contributed by atoms with van der Waals surface area (Å²) in [6, 6.07) is 8.82. The molecule has 0 aliphatic rings. The van der Waals surface area contributed by atoms with Gasteiger partial charge in [0, 0.05) is 114 Å². The molecule has 0 atom stereocenters. The van der Waals surface area contributed by atoms with Crippen molar-refractivity contribution in [3.63, 3.8) is 0 Å². The fourth-order valence-corrected chi connectivity index (χ4v) is 6.13. The number of primary sulfonamides is 2. The van der Waals surface area contributed by atoms with Crippen molar-refractivity contribution >= 4 is 82.5 Å². The molecule has 0 spiro atoms. The zero-order valence-electron chi connectivity index (χ0n) is 33.8. The van der Waals surface area contributed by atoms with Gasteiger partial charge in [0.1, 0.15) is 38.0 Å². The Morgan fingerprint density at radius 1 is 0.600 bits per heavy atom. The van der Waals surface area contributed by atoms with Crippen LogP contribution in [0.2, 0.25) is 0 Å². The van der Waals surface area contributed by atoms with Crippen molar-refractivity contribution < 1.29 is 125 Å². The molecular weight excluding hydrogens is 1230 g/mol. The zero-order valence-corrected chi connectivity index (χ0v) is 43.3. The van der Waals surface area contributed by atoms with E-state index in [1.54, 1.807) is 6.92 Å². The minimum atomic E-state index is -4.32. The minimum absolute atomic E-state index is 0. The molecule has 0 bridgehead atoms.